The molecule has 1 aliphatic carbocycles. The van der Waals surface area contributed by atoms with E-state index in [1.807, 2.05) is 6.07 Å². The predicted octanol–water partition coefficient (Wildman–Crippen LogP) is 4.36. The van der Waals surface area contributed by atoms with Gasteiger partial charge in [0.05, 0.1) is 4.91 Å². The molecule has 2 nitrogen and oxygen atoms in total. The van der Waals surface area contributed by atoms with Crippen LogP contribution >= 0.6 is 46.4 Å². The van der Waals surface area contributed by atoms with Gasteiger partial charge in [-0.15, -0.1) is 0 Å². The van der Waals surface area contributed by atoms with Crippen LogP contribution in [0.25, 0.3) is 5.57 Å². The number of hydrogen-bond acceptors (Lipinski definition) is 2. The summed E-state index contributed by atoms with van der Waals surface area (Å²) >= 11 is 24.7. The minimum Gasteiger partial charge on any atom is -0.224 e. The van der Waals surface area contributed by atoms with E-state index in [2.05, 4.69) is 0 Å². The average molecular weight is 372 g/mol. The fraction of sp³-hybridized carbons (Fsp3) is 0.231. The van der Waals surface area contributed by atoms with Crippen LogP contribution < -0.4 is 0 Å². The lowest BCUT2D eigenvalue weighted by Gasteiger charge is -2.31. The molecule has 1 aliphatic rings. The Kier molecular flexibility index (Phi) is 4.22. The Morgan fingerprint density at radius 3 is 1.95 bits per heavy atom. The van der Waals surface area contributed by atoms with E-state index in [1.54, 1.807) is 24.3 Å². The summed E-state index contributed by atoms with van der Waals surface area (Å²) < 4.78 is 20.3. The predicted molar refractivity (Wildman–Crippen MR) is 86.2 cm³/mol. The van der Waals surface area contributed by atoms with Crippen LogP contribution in [0, 0.1) is 0 Å². The molecule has 0 heterocycles. The zero-order chi connectivity index (χ0) is 15.2. The Labute approximate surface area is 137 Å². The zero-order valence-electron chi connectivity index (χ0n) is 10.3. The third-order valence-electron chi connectivity index (χ3n) is 2.81. The van der Waals surface area contributed by atoms with Crippen molar-refractivity contribution in [2.45, 2.75) is 8.67 Å². The van der Waals surface area contributed by atoms with Gasteiger partial charge in [0.1, 0.15) is 0 Å². The first-order chi connectivity index (χ1) is 9.04. The highest BCUT2D eigenvalue weighted by atomic mass is 35.5. The molecule has 20 heavy (non-hydrogen) atoms. The number of alkyl halides is 4. The lowest BCUT2D eigenvalue weighted by molar-refractivity contribution is 0.606. The number of sulfone groups is 1. The van der Waals surface area contributed by atoms with E-state index in [0.29, 0.717) is 11.1 Å². The second-order valence-corrected chi connectivity index (χ2v) is 9.21. The molecule has 0 radical (unpaired) electrons. The standard InChI is InChI=1S/C13H10Cl4O2S/c1-20(18,19)11-8-12(14,15)10(7-13(11,16)17)9-5-3-2-4-6-9/h2-8H,1H3. The van der Waals surface area contributed by atoms with Crippen molar-refractivity contribution in [1.29, 1.82) is 0 Å². The molecule has 0 bridgehead atoms. The molecule has 0 saturated heterocycles. The van der Waals surface area contributed by atoms with Crippen molar-refractivity contribution in [2.75, 3.05) is 6.26 Å². The van der Waals surface area contributed by atoms with Gasteiger partial charge in [-0.1, -0.05) is 76.7 Å². The van der Waals surface area contributed by atoms with Crippen LogP contribution in [-0.4, -0.2) is 23.3 Å². The van der Waals surface area contributed by atoms with Gasteiger partial charge in [-0.3, -0.25) is 0 Å². The van der Waals surface area contributed by atoms with Crippen LogP contribution in [-0.2, 0) is 9.84 Å². The molecular weight excluding hydrogens is 362 g/mol. The van der Waals surface area contributed by atoms with Gasteiger partial charge in [0.25, 0.3) is 0 Å². The summed E-state index contributed by atoms with van der Waals surface area (Å²) in [4.78, 5) is -0.224. The summed E-state index contributed by atoms with van der Waals surface area (Å²) in [6, 6.07) is 9.02. The Morgan fingerprint density at radius 2 is 1.45 bits per heavy atom. The lowest BCUT2D eigenvalue weighted by Crippen LogP contribution is -2.30. The van der Waals surface area contributed by atoms with Crippen molar-refractivity contribution in [3.05, 3.63) is 53.0 Å². The van der Waals surface area contributed by atoms with Gasteiger partial charge in [0.2, 0.25) is 0 Å². The molecular formula is C13H10Cl4O2S. The Bertz CT molecular complexity index is 688. The van der Waals surface area contributed by atoms with Crippen LogP contribution in [0.3, 0.4) is 0 Å². The molecule has 0 aromatic heterocycles. The van der Waals surface area contributed by atoms with Crippen molar-refractivity contribution >= 4 is 61.8 Å². The summed E-state index contributed by atoms with van der Waals surface area (Å²) in [7, 11) is -3.63. The largest absolute Gasteiger partial charge is 0.224 e. The summed E-state index contributed by atoms with van der Waals surface area (Å²) in [5.41, 5.74) is 1.16. The van der Waals surface area contributed by atoms with Gasteiger partial charge in [-0.2, -0.15) is 0 Å². The zero-order valence-corrected chi connectivity index (χ0v) is 14.1. The molecule has 108 valence electrons. The van der Waals surface area contributed by atoms with Gasteiger partial charge >= 0.3 is 0 Å². The first kappa shape index (κ1) is 16.2. The van der Waals surface area contributed by atoms with Gasteiger partial charge in [0, 0.05) is 6.26 Å². The Hall–Kier alpha value is -0.190. The van der Waals surface area contributed by atoms with E-state index in [1.165, 1.54) is 12.2 Å². The van der Waals surface area contributed by atoms with Crippen molar-refractivity contribution in [1.82, 2.24) is 0 Å². The maximum Gasteiger partial charge on any atom is 0.174 e. The monoisotopic (exact) mass is 370 g/mol. The highest BCUT2D eigenvalue weighted by Gasteiger charge is 2.44. The average Bonchev–Trinajstić information content (AvgIpc) is 2.32. The van der Waals surface area contributed by atoms with Gasteiger partial charge in [-0.05, 0) is 23.3 Å². The van der Waals surface area contributed by atoms with E-state index >= 15 is 0 Å². The highest BCUT2D eigenvalue weighted by molar-refractivity contribution is 7.94. The summed E-state index contributed by atoms with van der Waals surface area (Å²) in [5, 5.41) is 0. The van der Waals surface area contributed by atoms with E-state index in [9.17, 15) is 8.42 Å². The second-order valence-electron chi connectivity index (χ2n) is 4.45. The summed E-state index contributed by atoms with van der Waals surface area (Å²) in [5.74, 6) is 0. The van der Waals surface area contributed by atoms with E-state index in [0.717, 1.165) is 6.26 Å². The number of halogens is 4. The molecule has 0 atom stereocenters. The summed E-state index contributed by atoms with van der Waals surface area (Å²) in [6.07, 6.45) is 3.54. The number of allylic oxidation sites excluding steroid dienone is 4. The van der Waals surface area contributed by atoms with E-state index in [-0.39, 0.29) is 4.91 Å². The minimum atomic E-state index is -3.63. The molecule has 0 N–H and O–H groups in total. The minimum absolute atomic E-state index is 0.224. The molecule has 0 saturated carbocycles. The topological polar surface area (TPSA) is 34.1 Å². The first-order valence-corrected chi connectivity index (χ1v) is 8.92. The second kappa shape index (κ2) is 5.22. The molecule has 1 aromatic carbocycles. The Morgan fingerprint density at radius 1 is 0.900 bits per heavy atom. The molecule has 2 rings (SSSR count). The first-order valence-electron chi connectivity index (χ1n) is 5.52. The van der Waals surface area contributed by atoms with Crippen LogP contribution in [0.15, 0.2) is 47.4 Å². The molecule has 1 aromatic rings. The quantitative estimate of drug-likeness (QED) is 0.723. The third-order valence-corrected chi connectivity index (χ3v) is 5.52. The third kappa shape index (κ3) is 3.18. The molecule has 0 spiro atoms. The van der Waals surface area contributed by atoms with Gasteiger partial charge < -0.3 is 0 Å². The molecule has 0 unspecified atom stereocenters. The van der Waals surface area contributed by atoms with Crippen LogP contribution in [0.2, 0.25) is 0 Å². The smallest absolute Gasteiger partial charge is 0.174 e. The Balaban J connectivity index is 2.63. The number of benzene rings is 1. The fourth-order valence-electron chi connectivity index (χ4n) is 1.93. The molecule has 0 amide bonds. The molecule has 0 aliphatic heterocycles. The SMILES string of the molecule is CS(=O)(=O)C1=CC(Cl)(Cl)C(c2ccccc2)=CC1(Cl)Cl. The summed E-state index contributed by atoms with van der Waals surface area (Å²) in [6.45, 7) is 0. The van der Waals surface area contributed by atoms with Crippen LogP contribution in [0.1, 0.15) is 5.56 Å². The maximum atomic E-state index is 11.7. The molecule has 7 heteroatoms. The van der Waals surface area contributed by atoms with Crippen molar-refractivity contribution in [2.24, 2.45) is 0 Å². The number of rotatable bonds is 2. The maximum absolute atomic E-state index is 11.7. The normalized spacial score (nSPS) is 21.1. The van der Waals surface area contributed by atoms with Crippen LogP contribution in [0.4, 0.5) is 0 Å². The van der Waals surface area contributed by atoms with E-state index in [4.69, 9.17) is 46.4 Å². The fourth-order valence-corrected chi connectivity index (χ4v) is 4.72. The van der Waals surface area contributed by atoms with Gasteiger partial charge in [-0.25, -0.2) is 8.42 Å². The molecule has 0 fully saturated rings. The van der Waals surface area contributed by atoms with Crippen molar-refractivity contribution in [3.63, 3.8) is 0 Å². The van der Waals surface area contributed by atoms with Crippen molar-refractivity contribution in [3.8, 4) is 0 Å². The van der Waals surface area contributed by atoms with Gasteiger partial charge in [0.15, 0.2) is 18.5 Å². The van der Waals surface area contributed by atoms with E-state index < -0.39 is 18.5 Å². The lowest BCUT2D eigenvalue weighted by atomic mass is 9.96. The van der Waals surface area contributed by atoms with Crippen molar-refractivity contribution < 1.29 is 8.42 Å². The van der Waals surface area contributed by atoms with Crippen LogP contribution in [0.5, 0.6) is 0 Å². The number of hydrogen-bond donors (Lipinski definition) is 0. The highest BCUT2D eigenvalue weighted by Crippen LogP contribution is 2.50.